The van der Waals surface area contributed by atoms with Crippen LogP contribution < -0.4 is 0 Å². The maximum absolute atomic E-state index is 13.0. The fourth-order valence-electron chi connectivity index (χ4n) is 7.03. The fraction of sp³-hybridized carbons (Fsp3) is 0.783. The van der Waals surface area contributed by atoms with Gasteiger partial charge in [0, 0.05) is 25.7 Å². The van der Waals surface area contributed by atoms with E-state index in [0.29, 0.717) is 18.3 Å². The van der Waals surface area contributed by atoms with Gasteiger partial charge in [0.05, 0.1) is 0 Å². The van der Waals surface area contributed by atoms with Crippen LogP contribution in [0.15, 0.2) is 11.6 Å². The van der Waals surface area contributed by atoms with E-state index in [4.69, 9.17) is 9.47 Å². The smallest absolute Gasteiger partial charge is 0.303 e. The number of rotatable bonds is 2. The highest BCUT2D eigenvalue weighted by atomic mass is 16.5. The molecule has 3 saturated carbocycles. The first kappa shape index (κ1) is 19.7. The van der Waals surface area contributed by atoms with E-state index in [1.165, 1.54) is 19.4 Å². The van der Waals surface area contributed by atoms with Crippen LogP contribution in [-0.4, -0.2) is 29.9 Å². The van der Waals surface area contributed by atoms with Gasteiger partial charge in [-0.25, -0.2) is 0 Å². The quantitative estimate of drug-likeness (QED) is 0.528. The molecule has 0 bridgehead atoms. The van der Waals surface area contributed by atoms with Crippen LogP contribution >= 0.6 is 0 Å². The molecule has 0 aromatic rings. The number of ether oxygens (including phenoxy) is 2. The Morgan fingerprint density at radius 2 is 1.68 bits per heavy atom. The summed E-state index contributed by atoms with van der Waals surface area (Å²) in [7, 11) is 0. The molecular formula is C23H32O5. The van der Waals surface area contributed by atoms with E-state index in [-0.39, 0.29) is 40.6 Å². The van der Waals surface area contributed by atoms with Crippen molar-refractivity contribution in [2.24, 2.45) is 28.6 Å². The van der Waals surface area contributed by atoms with Gasteiger partial charge in [0.2, 0.25) is 0 Å². The van der Waals surface area contributed by atoms with Crippen LogP contribution in [-0.2, 0) is 23.9 Å². The van der Waals surface area contributed by atoms with E-state index < -0.39 is 6.10 Å². The summed E-state index contributed by atoms with van der Waals surface area (Å²) in [6, 6.07) is 0. The molecule has 5 nitrogen and oxygen atoms in total. The van der Waals surface area contributed by atoms with Crippen LogP contribution in [0.3, 0.4) is 0 Å². The number of Topliss-reactive ketones (excluding diaryl/α,β-unsaturated/α-hetero) is 1. The van der Waals surface area contributed by atoms with Gasteiger partial charge in [0.15, 0.2) is 11.9 Å². The summed E-state index contributed by atoms with van der Waals surface area (Å²) in [6.45, 7) is 7.35. The highest BCUT2D eigenvalue weighted by Crippen LogP contribution is 2.64. The zero-order valence-electron chi connectivity index (χ0n) is 17.5. The first-order chi connectivity index (χ1) is 13.1. The Morgan fingerprint density at radius 3 is 2.36 bits per heavy atom. The SMILES string of the molecule is CC(=O)OC1CC[C@@]2(C)C(=CC[C@@H]3[C@H]2CC[C@]2(C)C(=O)C(OC(C)=O)C[C@@H]32)C1. The molecule has 4 aliphatic rings. The van der Waals surface area contributed by atoms with Gasteiger partial charge in [0.25, 0.3) is 0 Å². The molecule has 0 heterocycles. The molecule has 7 atom stereocenters. The first-order valence-electron chi connectivity index (χ1n) is 10.7. The van der Waals surface area contributed by atoms with Gasteiger partial charge in [-0.05, 0) is 61.7 Å². The zero-order chi connectivity index (χ0) is 20.3. The molecule has 4 rings (SSSR count). The van der Waals surface area contributed by atoms with Gasteiger partial charge in [0.1, 0.15) is 6.10 Å². The van der Waals surface area contributed by atoms with Crippen LogP contribution in [0.2, 0.25) is 0 Å². The number of carbonyl (C=O) groups excluding carboxylic acids is 3. The number of allylic oxidation sites excluding steroid dienone is 1. The molecule has 0 amide bonds. The van der Waals surface area contributed by atoms with Gasteiger partial charge in [-0.1, -0.05) is 25.5 Å². The fourth-order valence-corrected chi connectivity index (χ4v) is 7.03. The van der Waals surface area contributed by atoms with Gasteiger partial charge >= 0.3 is 11.9 Å². The Hall–Kier alpha value is -1.65. The molecule has 0 spiro atoms. The van der Waals surface area contributed by atoms with E-state index >= 15 is 0 Å². The Morgan fingerprint density at radius 1 is 1.00 bits per heavy atom. The minimum Gasteiger partial charge on any atom is -0.462 e. The summed E-state index contributed by atoms with van der Waals surface area (Å²) in [6.07, 6.45) is 8.16. The summed E-state index contributed by atoms with van der Waals surface area (Å²) < 4.78 is 10.9. The third-order valence-electron chi connectivity index (χ3n) is 8.41. The molecule has 4 aliphatic carbocycles. The monoisotopic (exact) mass is 388 g/mol. The van der Waals surface area contributed by atoms with Crippen molar-refractivity contribution in [2.75, 3.05) is 0 Å². The topological polar surface area (TPSA) is 69.7 Å². The summed E-state index contributed by atoms with van der Waals surface area (Å²) in [5.41, 5.74) is 1.21. The Bertz CT molecular complexity index is 739. The highest BCUT2D eigenvalue weighted by Gasteiger charge is 2.62. The second kappa shape index (κ2) is 6.70. The van der Waals surface area contributed by atoms with Crippen LogP contribution in [0.5, 0.6) is 0 Å². The van der Waals surface area contributed by atoms with Gasteiger partial charge in [-0.2, -0.15) is 0 Å². The minimum atomic E-state index is -0.566. The number of hydrogen-bond donors (Lipinski definition) is 0. The Kier molecular flexibility index (Phi) is 4.71. The van der Waals surface area contributed by atoms with Gasteiger partial charge in [-0.3, -0.25) is 14.4 Å². The molecular weight excluding hydrogens is 356 g/mol. The van der Waals surface area contributed by atoms with Crippen molar-refractivity contribution in [1.29, 1.82) is 0 Å². The molecule has 0 N–H and O–H groups in total. The number of fused-ring (bicyclic) bond motifs is 5. The van der Waals surface area contributed by atoms with Crippen molar-refractivity contribution in [3.8, 4) is 0 Å². The standard InChI is InChI=1S/C23H32O5/c1-13(24)27-16-7-9-22(3)15(11-16)5-6-17-18(22)8-10-23(4)19(17)12-20(21(23)26)28-14(2)25/h5,16-20H,6-12H2,1-4H3/t16?,17-,18-,19+,20?,22+,23+/m1/s1. The summed E-state index contributed by atoms with van der Waals surface area (Å²) in [4.78, 5) is 35.9. The third-order valence-corrected chi connectivity index (χ3v) is 8.41. The lowest BCUT2D eigenvalue weighted by Crippen LogP contribution is -2.50. The van der Waals surface area contributed by atoms with Crippen molar-refractivity contribution in [1.82, 2.24) is 0 Å². The molecule has 0 aromatic carbocycles. The molecule has 2 unspecified atom stereocenters. The minimum absolute atomic E-state index is 0.00337. The molecule has 28 heavy (non-hydrogen) atoms. The van der Waals surface area contributed by atoms with Crippen molar-refractivity contribution in [3.05, 3.63) is 11.6 Å². The maximum Gasteiger partial charge on any atom is 0.303 e. The van der Waals surface area contributed by atoms with Crippen LogP contribution in [0.4, 0.5) is 0 Å². The van der Waals surface area contributed by atoms with E-state index in [0.717, 1.165) is 38.5 Å². The van der Waals surface area contributed by atoms with Crippen LogP contribution in [0, 0.1) is 28.6 Å². The third kappa shape index (κ3) is 2.93. The zero-order valence-corrected chi connectivity index (χ0v) is 17.5. The maximum atomic E-state index is 13.0. The van der Waals surface area contributed by atoms with E-state index in [1.54, 1.807) is 0 Å². The number of esters is 2. The first-order valence-corrected chi connectivity index (χ1v) is 10.7. The molecule has 5 heteroatoms. The summed E-state index contributed by atoms with van der Waals surface area (Å²) in [5.74, 6) is 0.861. The van der Waals surface area contributed by atoms with Crippen LogP contribution in [0.1, 0.15) is 72.6 Å². The number of ketones is 1. The largest absolute Gasteiger partial charge is 0.462 e. The van der Waals surface area contributed by atoms with Gasteiger partial charge < -0.3 is 9.47 Å². The van der Waals surface area contributed by atoms with Crippen molar-refractivity contribution in [2.45, 2.75) is 84.8 Å². The lowest BCUT2D eigenvalue weighted by Gasteiger charge is -2.56. The van der Waals surface area contributed by atoms with Crippen molar-refractivity contribution in [3.63, 3.8) is 0 Å². The average Bonchev–Trinajstić information content (AvgIpc) is 2.86. The lowest BCUT2D eigenvalue weighted by molar-refractivity contribution is -0.153. The van der Waals surface area contributed by atoms with Crippen molar-refractivity contribution < 1.29 is 23.9 Å². The average molecular weight is 389 g/mol. The molecule has 154 valence electrons. The molecule has 0 aromatic heterocycles. The van der Waals surface area contributed by atoms with Crippen molar-refractivity contribution >= 4 is 17.7 Å². The second-order valence-electron chi connectivity index (χ2n) is 9.89. The normalized spacial score (nSPS) is 44.6. The molecule has 3 fully saturated rings. The van der Waals surface area contributed by atoms with E-state index in [1.807, 2.05) is 0 Å². The van der Waals surface area contributed by atoms with E-state index in [2.05, 4.69) is 19.9 Å². The molecule has 0 aliphatic heterocycles. The predicted molar refractivity (Wildman–Crippen MR) is 103 cm³/mol. The molecule has 0 saturated heterocycles. The highest BCUT2D eigenvalue weighted by molar-refractivity contribution is 5.92. The van der Waals surface area contributed by atoms with E-state index in [9.17, 15) is 14.4 Å². The Balaban J connectivity index is 1.58. The number of carbonyl (C=O) groups is 3. The lowest BCUT2D eigenvalue weighted by atomic mass is 9.48. The number of hydrogen-bond acceptors (Lipinski definition) is 5. The predicted octanol–water partition coefficient (Wildman–Crippen LogP) is 3.99. The Labute approximate surface area is 167 Å². The summed E-state index contributed by atoms with van der Waals surface area (Å²) in [5, 5.41) is 0. The second-order valence-corrected chi connectivity index (χ2v) is 9.89. The summed E-state index contributed by atoms with van der Waals surface area (Å²) >= 11 is 0. The molecule has 0 radical (unpaired) electrons. The van der Waals surface area contributed by atoms with Crippen LogP contribution in [0.25, 0.3) is 0 Å². The van der Waals surface area contributed by atoms with Gasteiger partial charge in [-0.15, -0.1) is 0 Å².